The zero-order valence-corrected chi connectivity index (χ0v) is 11.0. The van der Waals surface area contributed by atoms with Crippen molar-refractivity contribution in [1.29, 1.82) is 0 Å². The number of hydrogen-bond acceptors (Lipinski definition) is 2. The molecule has 0 spiro atoms. The third-order valence-corrected chi connectivity index (χ3v) is 2.59. The predicted molar refractivity (Wildman–Crippen MR) is 69.9 cm³/mol. The Balaban J connectivity index is 0.00000225. The number of hydrogen-bond donors (Lipinski definition) is 1. The zero-order valence-electron chi connectivity index (χ0n) is 9.41. The zero-order chi connectivity index (χ0) is 11.3. The normalized spacial score (nSPS) is 9.88. The standard InChI is InChI=1S/C11H17ClN2O.ClH/c1-2-3-4-5-6-10-7-9(12)8-11(13)14(10)15;/h7-8H,2-6,13H2,1H3;1H. The number of halogens is 2. The molecule has 0 fully saturated rings. The van der Waals surface area contributed by atoms with Gasteiger partial charge < -0.3 is 5.21 Å². The quantitative estimate of drug-likeness (QED) is 0.505. The summed E-state index contributed by atoms with van der Waals surface area (Å²) in [4.78, 5) is 0. The van der Waals surface area contributed by atoms with Gasteiger partial charge in [0.2, 0.25) is 0 Å². The lowest BCUT2D eigenvalue weighted by Gasteiger charge is -2.11. The van der Waals surface area contributed by atoms with Crippen molar-refractivity contribution in [3.05, 3.63) is 28.1 Å². The molecule has 2 N–H and O–H groups in total. The number of anilines is 1. The van der Waals surface area contributed by atoms with Crippen molar-refractivity contribution in [2.45, 2.75) is 39.0 Å². The maximum Gasteiger partial charge on any atom is 0.277 e. The Morgan fingerprint density at radius 3 is 2.62 bits per heavy atom. The second kappa shape index (κ2) is 7.58. The molecule has 0 radical (unpaired) electrons. The van der Waals surface area contributed by atoms with Crippen molar-refractivity contribution < 1.29 is 4.73 Å². The summed E-state index contributed by atoms with van der Waals surface area (Å²) in [6, 6.07) is 3.17. The topological polar surface area (TPSA) is 53.0 Å². The third kappa shape index (κ3) is 4.45. The van der Waals surface area contributed by atoms with Crippen LogP contribution in [0.4, 0.5) is 5.82 Å². The first-order valence-electron chi connectivity index (χ1n) is 5.32. The van der Waals surface area contributed by atoms with Crippen LogP contribution in [-0.4, -0.2) is 0 Å². The molecule has 1 rings (SSSR count). The molecule has 5 heteroatoms. The highest BCUT2D eigenvalue weighted by atomic mass is 35.5. The van der Waals surface area contributed by atoms with Gasteiger partial charge in [0, 0.05) is 12.5 Å². The van der Waals surface area contributed by atoms with Gasteiger partial charge in [-0.1, -0.05) is 37.8 Å². The minimum atomic E-state index is 0. The van der Waals surface area contributed by atoms with Gasteiger partial charge in [-0.25, -0.2) is 4.73 Å². The number of nitrogens with zero attached hydrogens (tertiary/aromatic N) is 1. The van der Waals surface area contributed by atoms with Gasteiger partial charge in [-0.2, -0.15) is 0 Å². The number of nitrogen functional groups attached to an aromatic ring is 1. The summed E-state index contributed by atoms with van der Waals surface area (Å²) >= 11 is 5.83. The van der Waals surface area contributed by atoms with E-state index >= 15 is 0 Å². The van der Waals surface area contributed by atoms with E-state index < -0.39 is 0 Å². The van der Waals surface area contributed by atoms with Crippen LogP contribution >= 0.6 is 24.0 Å². The fourth-order valence-electron chi connectivity index (χ4n) is 1.53. The van der Waals surface area contributed by atoms with Gasteiger partial charge in [0.15, 0.2) is 0 Å². The molecule has 3 nitrogen and oxygen atoms in total. The molecule has 1 heterocycles. The number of aryl methyl sites for hydroxylation is 1. The molecule has 0 bridgehead atoms. The molecule has 0 aliphatic rings. The Morgan fingerprint density at radius 2 is 2.00 bits per heavy atom. The van der Waals surface area contributed by atoms with Gasteiger partial charge in [0.1, 0.15) is 5.69 Å². The van der Waals surface area contributed by atoms with E-state index in [1.807, 2.05) is 0 Å². The van der Waals surface area contributed by atoms with Crippen LogP contribution in [0.1, 0.15) is 38.3 Å². The van der Waals surface area contributed by atoms with E-state index in [1.54, 1.807) is 6.07 Å². The number of rotatable bonds is 5. The third-order valence-electron chi connectivity index (χ3n) is 2.37. The lowest BCUT2D eigenvalue weighted by molar-refractivity contribution is -0.598. The van der Waals surface area contributed by atoms with Crippen LogP contribution in [-0.2, 0) is 6.42 Å². The SMILES string of the molecule is CCCCCCc1cc(Cl)cc(N)[n+]1[O-].Cl. The Bertz CT molecular complexity index is 332. The molecule has 0 aromatic carbocycles. The maximum atomic E-state index is 11.5. The summed E-state index contributed by atoms with van der Waals surface area (Å²) in [6.45, 7) is 2.16. The Kier molecular flexibility index (Phi) is 7.26. The first-order valence-corrected chi connectivity index (χ1v) is 5.70. The minimum absolute atomic E-state index is 0. The fraction of sp³-hybridized carbons (Fsp3) is 0.545. The van der Waals surface area contributed by atoms with Crippen LogP contribution in [0, 0.1) is 5.21 Å². The highest BCUT2D eigenvalue weighted by molar-refractivity contribution is 6.30. The number of nitrogens with two attached hydrogens (primary N) is 1. The van der Waals surface area contributed by atoms with E-state index in [2.05, 4.69) is 6.92 Å². The molecule has 16 heavy (non-hydrogen) atoms. The first kappa shape index (κ1) is 15.3. The Labute approximate surface area is 108 Å². The largest absolute Gasteiger partial charge is 0.710 e. The highest BCUT2D eigenvalue weighted by Crippen LogP contribution is 2.13. The van der Waals surface area contributed by atoms with Gasteiger partial charge in [-0.05, 0) is 12.5 Å². The molecule has 0 saturated carbocycles. The summed E-state index contributed by atoms with van der Waals surface area (Å²) < 4.78 is 0.762. The van der Waals surface area contributed by atoms with Gasteiger partial charge in [-0.15, -0.1) is 12.4 Å². The average Bonchev–Trinajstić information content (AvgIpc) is 2.19. The molecule has 0 aliphatic carbocycles. The van der Waals surface area contributed by atoms with Gasteiger partial charge in [-0.3, -0.25) is 5.73 Å². The van der Waals surface area contributed by atoms with Crippen LogP contribution in [0.5, 0.6) is 0 Å². The van der Waals surface area contributed by atoms with Crippen LogP contribution < -0.4 is 10.5 Å². The molecule has 1 aromatic heterocycles. The molecular formula is C11H18Cl2N2O. The average molecular weight is 265 g/mol. The monoisotopic (exact) mass is 264 g/mol. The predicted octanol–water partition coefficient (Wildman–Crippen LogP) is 3.10. The molecule has 0 atom stereocenters. The smallest absolute Gasteiger partial charge is 0.277 e. The van der Waals surface area contributed by atoms with Gasteiger partial charge in [0.25, 0.3) is 5.82 Å². The molecule has 1 aromatic rings. The summed E-state index contributed by atoms with van der Waals surface area (Å²) in [5.41, 5.74) is 6.18. The first-order chi connectivity index (χ1) is 7.15. The number of unbranched alkanes of at least 4 members (excludes halogenated alkanes) is 3. The molecule has 0 aliphatic heterocycles. The number of aromatic nitrogens is 1. The molecule has 92 valence electrons. The summed E-state index contributed by atoms with van der Waals surface area (Å²) in [7, 11) is 0. The fourth-order valence-corrected chi connectivity index (χ4v) is 1.77. The second-order valence-corrected chi connectivity index (χ2v) is 4.13. The van der Waals surface area contributed by atoms with E-state index in [0.717, 1.165) is 24.0 Å². The van der Waals surface area contributed by atoms with Crippen molar-refractivity contribution in [1.82, 2.24) is 0 Å². The molecule has 0 amide bonds. The second-order valence-electron chi connectivity index (χ2n) is 3.69. The number of pyridine rings is 1. The van der Waals surface area contributed by atoms with E-state index in [9.17, 15) is 5.21 Å². The molecular weight excluding hydrogens is 247 g/mol. The van der Waals surface area contributed by atoms with Crippen molar-refractivity contribution in [3.8, 4) is 0 Å². The Hall–Kier alpha value is -0.670. The van der Waals surface area contributed by atoms with E-state index in [0.29, 0.717) is 10.7 Å². The van der Waals surface area contributed by atoms with E-state index in [1.165, 1.54) is 18.9 Å². The van der Waals surface area contributed by atoms with Crippen molar-refractivity contribution >= 4 is 29.8 Å². The molecule has 0 unspecified atom stereocenters. The van der Waals surface area contributed by atoms with Crippen molar-refractivity contribution in [2.75, 3.05) is 5.73 Å². The highest BCUT2D eigenvalue weighted by Gasteiger charge is 2.06. The van der Waals surface area contributed by atoms with Crippen molar-refractivity contribution in [3.63, 3.8) is 0 Å². The lowest BCUT2D eigenvalue weighted by Crippen LogP contribution is -2.35. The van der Waals surface area contributed by atoms with Crippen LogP contribution in [0.25, 0.3) is 0 Å². The van der Waals surface area contributed by atoms with Crippen LogP contribution in [0.15, 0.2) is 12.1 Å². The summed E-state index contributed by atoms with van der Waals surface area (Å²) in [5.74, 6) is 0.174. The lowest BCUT2D eigenvalue weighted by atomic mass is 10.1. The van der Waals surface area contributed by atoms with Crippen LogP contribution in [0.3, 0.4) is 0 Å². The van der Waals surface area contributed by atoms with E-state index in [4.69, 9.17) is 17.3 Å². The molecule has 0 saturated heterocycles. The van der Waals surface area contributed by atoms with Crippen LogP contribution in [0.2, 0.25) is 5.02 Å². The van der Waals surface area contributed by atoms with E-state index in [-0.39, 0.29) is 18.2 Å². The van der Waals surface area contributed by atoms with Gasteiger partial charge >= 0.3 is 0 Å². The Morgan fingerprint density at radius 1 is 1.31 bits per heavy atom. The minimum Gasteiger partial charge on any atom is -0.710 e. The van der Waals surface area contributed by atoms with Crippen molar-refractivity contribution in [2.24, 2.45) is 0 Å². The van der Waals surface area contributed by atoms with Gasteiger partial charge in [0.05, 0.1) is 5.02 Å². The summed E-state index contributed by atoms with van der Waals surface area (Å²) in [6.07, 6.45) is 5.29. The maximum absolute atomic E-state index is 11.5. The summed E-state index contributed by atoms with van der Waals surface area (Å²) in [5, 5.41) is 12.1.